The zero-order chi connectivity index (χ0) is 24.4. The fourth-order valence-corrected chi connectivity index (χ4v) is 4.09. The number of halogens is 3. The Morgan fingerprint density at radius 2 is 1.71 bits per heavy atom. The molecule has 0 radical (unpaired) electrons. The van der Waals surface area contributed by atoms with E-state index < -0.39 is 17.5 Å². The van der Waals surface area contributed by atoms with E-state index in [9.17, 15) is 18.0 Å². The number of nitrogens with zero attached hydrogens (tertiary/aromatic N) is 2. The molecule has 4 aromatic rings. The second-order valence-corrected chi connectivity index (χ2v) is 8.27. The lowest BCUT2D eigenvalue weighted by atomic mass is 9.91. The van der Waals surface area contributed by atoms with E-state index in [1.165, 1.54) is 18.2 Å². The van der Waals surface area contributed by atoms with Gasteiger partial charge in [-0.15, -0.1) is 0 Å². The van der Waals surface area contributed by atoms with Crippen LogP contribution >= 0.6 is 0 Å². The number of anilines is 1. The van der Waals surface area contributed by atoms with Crippen molar-refractivity contribution in [3.63, 3.8) is 0 Å². The number of carbonyl (C=O) groups is 1. The van der Waals surface area contributed by atoms with Crippen molar-refractivity contribution >= 4 is 23.9 Å². The Bertz CT molecular complexity index is 1450. The number of amides is 1. The summed E-state index contributed by atoms with van der Waals surface area (Å²) in [6, 6.07) is 17.6. The van der Waals surface area contributed by atoms with Crippen LogP contribution in [-0.4, -0.2) is 15.9 Å². The largest absolute Gasteiger partial charge is 0.309 e. The topological polar surface area (TPSA) is 54.9 Å². The molecule has 0 spiro atoms. The average molecular weight is 471 g/mol. The lowest BCUT2D eigenvalue weighted by Crippen LogP contribution is -2.19. The number of carbonyl (C=O) groups excluding carboxylic acids is 1. The molecule has 1 aromatic heterocycles. The van der Waals surface area contributed by atoms with Crippen molar-refractivity contribution in [3.8, 4) is 11.3 Å². The van der Waals surface area contributed by atoms with Crippen LogP contribution in [0.1, 0.15) is 28.1 Å². The zero-order valence-electron chi connectivity index (χ0n) is 18.6. The van der Waals surface area contributed by atoms with Crippen molar-refractivity contribution in [1.82, 2.24) is 9.97 Å². The van der Waals surface area contributed by atoms with Crippen LogP contribution in [0.5, 0.6) is 0 Å². The Balaban J connectivity index is 1.50. The van der Waals surface area contributed by atoms with Gasteiger partial charge in [-0.05, 0) is 65.9 Å². The van der Waals surface area contributed by atoms with Crippen molar-refractivity contribution < 1.29 is 18.0 Å². The minimum atomic E-state index is -1.01. The molecule has 0 unspecified atom stereocenters. The summed E-state index contributed by atoms with van der Waals surface area (Å²) in [6.07, 6.45) is 4.62. The number of aryl methyl sites for hydroxylation is 2. The van der Waals surface area contributed by atoms with Crippen LogP contribution in [0.2, 0.25) is 0 Å². The maximum atomic E-state index is 13.8. The summed E-state index contributed by atoms with van der Waals surface area (Å²) in [7, 11) is 0. The van der Waals surface area contributed by atoms with Crippen LogP contribution in [-0.2, 0) is 24.1 Å². The van der Waals surface area contributed by atoms with Crippen LogP contribution < -0.4 is 5.32 Å². The smallest absolute Gasteiger partial charge is 0.230 e. The van der Waals surface area contributed by atoms with Gasteiger partial charge in [-0.2, -0.15) is 0 Å². The van der Waals surface area contributed by atoms with Gasteiger partial charge in [0.1, 0.15) is 11.5 Å². The summed E-state index contributed by atoms with van der Waals surface area (Å²) in [5.41, 5.74) is 4.73. The molecule has 3 aromatic carbocycles. The summed E-state index contributed by atoms with van der Waals surface area (Å²) in [5.74, 6) is -2.44. The first kappa shape index (κ1) is 22.5. The Hall–Kier alpha value is -4.26. The average Bonchev–Trinajstić information content (AvgIpc) is 2.85. The van der Waals surface area contributed by atoms with E-state index in [0.29, 0.717) is 35.5 Å². The van der Waals surface area contributed by atoms with E-state index in [1.54, 1.807) is 12.1 Å². The van der Waals surface area contributed by atoms with Gasteiger partial charge in [0, 0.05) is 5.56 Å². The van der Waals surface area contributed by atoms with Crippen LogP contribution in [0.25, 0.3) is 23.4 Å². The van der Waals surface area contributed by atoms with Gasteiger partial charge >= 0.3 is 0 Å². The van der Waals surface area contributed by atoms with Gasteiger partial charge in [0.25, 0.3) is 0 Å². The summed E-state index contributed by atoms with van der Waals surface area (Å²) in [4.78, 5) is 22.2. The molecule has 0 saturated carbocycles. The number of fused-ring (bicyclic) bond motifs is 3. The highest BCUT2D eigenvalue weighted by atomic mass is 19.2. The van der Waals surface area contributed by atoms with E-state index in [1.807, 2.05) is 36.4 Å². The van der Waals surface area contributed by atoms with Crippen LogP contribution in [0, 0.1) is 17.5 Å². The molecule has 1 heterocycles. The van der Waals surface area contributed by atoms with Gasteiger partial charge in [0.05, 0.1) is 17.8 Å². The lowest BCUT2D eigenvalue weighted by Gasteiger charge is -2.20. The molecular weight excluding hydrogens is 451 g/mol. The van der Waals surface area contributed by atoms with E-state index in [4.69, 9.17) is 4.98 Å². The molecule has 0 aliphatic heterocycles. The predicted octanol–water partition coefficient (Wildman–Crippen LogP) is 6.01. The molecule has 1 aliphatic rings. The molecule has 1 N–H and O–H groups in total. The molecule has 5 rings (SSSR count). The third kappa shape index (κ3) is 4.99. The maximum absolute atomic E-state index is 13.8. The number of rotatable bonds is 5. The Labute approximate surface area is 200 Å². The van der Waals surface area contributed by atoms with Gasteiger partial charge < -0.3 is 5.32 Å². The summed E-state index contributed by atoms with van der Waals surface area (Å²) < 4.78 is 40.5. The van der Waals surface area contributed by atoms with E-state index >= 15 is 0 Å². The number of aromatic nitrogens is 2. The predicted molar refractivity (Wildman–Crippen MR) is 129 cm³/mol. The summed E-state index contributed by atoms with van der Waals surface area (Å²) in [6.45, 7) is 0. The van der Waals surface area contributed by atoms with Crippen LogP contribution in [0.3, 0.4) is 0 Å². The second kappa shape index (κ2) is 9.54. The van der Waals surface area contributed by atoms with Crippen molar-refractivity contribution in [2.45, 2.75) is 19.3 Å². The quantitative estimate of drug-likeness (QED) is 0.388. The molecule has 0 bridgehead atoms. The fraction of sp³-hybridized carbons (Fsp3) is 0.107. The first-order valence-electron chi connectivity index (χ1n) is 11.1. The fourth-order valence-electron chi connectivity index (χ4n) is 4.09. The molecule has 1 aliphatic carbocycles. The van der Waals surface area contributed by atoms with Crippen molar-refractivity contribution in [3.05, 3.63) is 112 Å². The molecule has 35 heavy (non-hydrogen) atoms. The highest BCUT2D eigenvalue weighted by Gasteiger charge is 2.22. The first-order valence-corrected chi connectivity index (χ1v) is 11.1. The molecule has 7 heteroatoms. The number of benzene rings is 3. The van der Waals surface area contributed by atoms with Gasteiger partial charge in [-0.1, -0.05) is 42.5 Å². The lowest BCUT2D eigenvalue weighted by molar-refractivity contribution is -0.115. The maximum Gasteiger partial charge on any atom is 0.230 e. The first-order chi connectivity index (χ1) is 17.0. The minimum Gasteiger partial charge on any atom is -0.309 e. The monoisotopic (exact) mass is 471 g/mol. The molecular formula is C28H20F3N3O. The number of hydrogen-bond donors (Lipinski definition) is 1. The molecule has 174 valence electrons. The SMILES string of the molecule is O=C(Cc1ccc(F)c(F)c1)Nc1nc2c(nc1C=Cc1ccccc1)-c1ccc(F)cc1CC2. The van der Waals surface area contributed by atoms with Gasteiger partial charge in [0.15, 0.2) is 17.5 Å². The highest BCUT2D eigenvalue weighted by Crippen LogP contribution is 2.33. The van der Waals surface area contributed by atoms with E-state index in [-0.39, 0.29) is 18.1 Å². The van der Waals surface area contributed by atoms with Gasteiger partial charge in [-0.25, -0.2) is 23.1 Å². The Kier molecular flexibility index (Phi) is 6.14. The van der Waals surface area contributed by atoms with E-state index in [2.05, 4.69) is 10.3 Å². The number of nitrogens with one attached hydrogen (secondary N) is 1. The number of hydrogen-bond acceptors (Lipinski definition) is 3. The molecule has 0 saturated heterocycles. The van der Waals surface area contributed by atoms with E-state index in [0.717, 1.165) is 28.8 Å². The van der Waals surface area contributed by atoms with Crippen molar-refractivity contribution in [2.75, 3.05) is 5.32 Å². The van der Waals surface area contributed by atoms with Gasteiger partial charge in [0.2, 0.25) is 5.91 Å². The molecule has 0 atom stereocenters. The van der Waals surface area contributed by atoms with Crippen molar-refractivity contribution in [1.29, 1.82) is 0 Å². The molecule has 1 amide bonds. The Morgan fingerprint density at radius 1 is 0.886 bits per heavy atom. The highest BCUT2D eigenvalue weighted by molar-refractivity contribution is 5.93. The van der Waals surface area contributed by atoms with Crippen LogP contribution in [0.15, 0.2) is 66.7 Å². The third-order valence-corrected chi connectivity index (χ3v) is 5.79. The van der Waals surface area contributed by atoms with Crippen molar-refractivity contribution in [2.24, 2.45) is 0 Å². The second-order valence-electron chi connectivity index (χ2n) is 8.27. The zero-order valence-corrected chi connectivity index (χ0v) is 18.6. The minimum absolute atomic E-state index is 0.153. The van der Waals surface area contributed by atoms with Gasteiger partial charge in [-0.3, -0.25) is 4.79 Å². The Morgan fingerprint density at radius 3 is 2.51 bits per heavy atom. The molecule has 0 fully saturated rings. The summed E-state index contributed by atoms with van der Waals surface area (Å²) in [5, 5.41) is 2.77. The molecule has 4 nitrogen and oxygen atoms in total. The third-order valence-electron chi connectivity index (χ3n) is 5.79. The summed E-state index contributed by atoms with van der Waals surface area (Å²) >= 11 is 0. The van der Waals surface area contributed by atoms with Crippen LogP contribution in [0.4, 0.5) is 19.0 Å². The standard InChI is InChI=1S/C28H20F3N3O/c29-20-9-10-21-19(16-20)8-13-24-27(21)32-25(12-7-17-4-2-1-3-5-17)28(33-24)34-26(35)15-18-6-11-22(30)23(31)14-18/h1-7,9-12,14,16H,8,13,15H2,(H,33,34,35). The normalized spacial score (nSPS) is 12.3.